The van der Waals surface area contributed by atoms with Gasteiger partial charge in [0.1, 0.15) is 5.82 Å². The molecule has 0 aliphatic heterocycles. The molecule has 0 saturated carbocycles. The molecule has 1 heterocycles. The maximum Gasteiger partial charge on any atom is 0.276 e. The molecule has 0 bridgehead atoms. The Labute approximate surface area is 149 Å². The van der Waals surface area contributed by atoms with Crippen molar-refractivity contribution < 1.29 is 9.18 Å². The van der Waals surface area contributed by atoms with Crippen LogP contribution in [0.5, 0.6) is 0 Å². The van der Waals surface area contributed by atoms with Crippen LogP contribution in [-0.2, 0) is 12.8 Å². The Balaban J connectivity index is 1.68. The van der Waals surface area contributed by atoms with Gasteiger partial charge in [-0.05, 0) is 67.8 Å². The van der Waals surface area contributed by atoms with Crippen molar-refractivity contribution in [2.75, 3.05) is 5.32 Å². The molecule has 0 spiro atoms. The number of carbonyl (C=O) groups is 1. The summed E-state index contributed by atoms with van der Waals surface area (Å²) in [7, 11) is 0. The first-order chi connectivity index (χ1) is 12.1. The molecule has 1 aliphatic carbocycles. The van der Waals surface area contributed by atoms with Crippen LogP contribution in [0.15, 0.2) is 48.5 Å². The van der Waals surface area contributed by atoms with E-state index in [1.807, 2.05) is 0 Å². The molecule has 1 amide bonds. The lowest BCUT2D eigenvalue weighted by Gasteiger charge is -2.05. The number of rotatable bonds is 3. The molecule has 0 radical (unpaired) electrons. The predicted octanol–water partition coefficient (Wildman–Crippen LogP) is 4.41. The van der Waals surface area contributed by atoms with Gasteiger partial charge in [-0.2, -0.15) is 5.10 Å². The van der Waals surface area contributed by atoms with E-state index in [-0.39, 0.29) is 11.7 Å². The summed E-state index contributed by atoms with van der Waals surface area (Å²) in [6, 6.07) is 13.1. The molecule has 126 valence electrons. The predicted molar refractivity (Wildman–Crippen MR) is 95.0 cm³/mol. The van der Waals surface area contributed by atoms with Crippen LogP contribution in [0.2, 0.25) is 5.02 Å². The molecule has 3 aromatic rings. The van der Waals surface area contributed by atoms with Crippen molar-refractivity contribution >= 4 is 23.2 Å². The highest BCUT2D eigenvalue weighted by atomic mass is 35.5. The maximum absolute atomic E-state index is 13.2. The zero-order valence-electron chi connectivity index (χ0n) is 13.3. The fourth-order valence-electron chi connectivity index (χ4n) is 3.14. The summed E-state index contributed by atoms with van der Waals surface area (Å²) in [6.45, 7) is 0. The van der Waals surface area contributed by atoms with Crippen LogP contribution in [0.4, 0.5) is 10.1 Å². The lowest BCUT2D eigenvalue weighted by Crippen LogP contribution is -2.14. The lowest BCUT2D eigenvalue weighted by molar-refractivity contribution is 0.102. The molecule has 0 saturated heterocycles. The third kappa shape index (κ3) is 3.03. The van der Waals surface area contributed by atoms with Crippen LogP contribution in [0.25, 0.3) is 5.69 Å². The lowest BCUT2D eigenvalue weighted by atomic mass is 10.2. The first-order valence-corrected chi connectivity index (χ1v) is 8.43. The van der Waals surface area contributed by atoms with Crippen LogP contribution in [0, 0.1) is 5.82 Å². The van der Waals surface area contributed by atoms with Crippen molar-refractivity contribution in [1.82, 2.24) is 9.78 Å². The molecule has 4 nitrogen and oxygen atoms in total. The molecule has 6 heteroatoms. The van der Waals surface area contributed by atoms with Crippen molar-refractivity contribution in [3.8, 4) is 5.69 Å². The van der Waals surface area contributed by atoms with E-state index in [1.165, 1.54) is 12.1 Å². The van der Waals surface area contributed by atoms with Crippen molar-refractivity contribution in [2.24, 2.45) is 0 Å². The van der Waals surface area contributed by atoms with Gasteiger partial charge in [0, 0.05) is 22.0 Å². The highest BCUT2D eigenvalue weighted by Crippen LogP contribution is 2.28. The van der Waals surface area contributed by atoms with Crippen molar-refractivity contribution in [3.63, 3.8) is 0 Å². The summed E-state index contributed by atoms with van der Waals surface area (Å²) in [5.41, 5.74) is 3.83. The number of amides is 1. The summed E-state index contributed by atoms with van der Waals surface area (Å²) in [5.74, 6) is -0.547. The SMILES string of the molecule is O=C(Nc1ccc(Cl)cc1)c1nn(-c2ccc(F)cc2)c2c1CCC2. The molecule has 1 aliphatic rings. The number of anilines is 1. The minimum absolute atomic E-state index is 0.249. The first-order valence-electron chi connectivity index (χ1n) is 8.05. The molecule has 0 fully saturated rings. The van der Waals surface area contributed by atoms with Gasteiger partial charge < -0.3 is 5.32 Å². The summed E-state index contributed by atoms with van der Waals surface area (Å²) in [6.07, 6.45) is 2.66. The monoisotopic (exact) mass is 355 g/mol. The third-order valence-corrected chi connectivity index (χ3v) is 4.57. The standard InChI is InChI=1S/C19H15ClFN3O/c20-12-4-8-14(9-5-12)22-19(25)18-16-2-1-3-17(16)24(23-18)15-10-6-13(21)7-11-15/h4-11H,1-3H2,(H,22,25). The molecule has 0 unspecified atom stereocenters. The van der Waals surface area contributed by atoms with Gasteiger partial charge in [-0.1, -0.05) is 11.6 Å². The maximum atomic E-state index is 13.2. The second-order valence-electron chi connectivity index (χ2n) is 5.98. The number of nitrogens with one attached hydrogen (secondary N) is 1. The number of benzene rings is 2. The van der Waals surface area contributed by atoms with E-state index in [1.54, 1.807) is 41.1 Å². The Morgan fingerprint density at radius 3 is 2.52 bits per heavy atom. The Morgan fingerprint density at radius 1 is 1.08 bits per heavy atom. The Kier molecular flexibility index (Phi) is 4.01. The number of aromatic nitrogens is 2. The van der Waals surface area contributed by atoms with Crippen molar-refractivity contribution in [3.05, 3.63) is 76.3 Å². The second kappa shape index (κ2) is 6.33. The molecule has 1 N–H and O–H groups in total. The smallest absolute Gasteiger partial charge is 0.276 e. The molecule has 2 aromatic carbocycles. The molecular weight excluding hydrogens is 341 g/mol. The molecule has 0 atom stereocenters. The number of nitrogens with zero attached hydrogens (tertiary/aromatic N) is 2. The van der Waals surface area contributed by atoms with E-state index < -0.39 is 0 Å². The Bertz CT molecular complexity index is 933. The summed E-state index contributed by atoms with van der Waals surface area (Å²) < 4.78 is 14.9. The quantitative estimate of drug-likeness (QED) is 0.756. The number of hydrogen-bond donors (Lipinski definition) is 1. The van der Waals surface area contributed by atoms with Gasteiger partial charge >= 0.3 is 0 Å². The normalized spacial score (nSPS) is 12.9. The first kappa shape index (κ1) is 15.8. The fourth-order valence-corrected chi connectivity index (χ4v) is 3.27. The van der Waals surface area contributed by atoms with Crippen molar-refractivity contribution in [1.29, 1.82) is 0 Å². The molecular formula is C19H15ClFN3O. The zero-order chi connectivity index (χ0) is 17.4. The average Bonchev–Trinajstić information content (AvgIpc) is 3.20. The minimum atomic E-state index is -0.298. The van der Waals surface area contributed by atoms with Gasteiger partial charge in [0.15, 0.2) is 5.69 Å². The number of hydrogen-bond acceptors (Lipinski definition) is 2. The number of carbonyl (C=O) groups excluding carboxylic acids is 1. The minimum Gasteiger partial charge on any atom is -0.321 e. The molecule has 1 aromatic heterocycles. The largest absolute Gasteiger partial charge is 0.321 e. The second-order valence-corrected chi connectivity index (χ2v) is 6.41. The Hall–Kier alpha value is -2.66. The highest BCUT2D eigenvalue weighted by Gasteiger charge is 2.27. The van der Waals surface area contributed by atoms with E-state index in [2.05, 4.69) is 10.4 Å². The average molecular weight is 356 g/mol. The zero-order valence-corrected chi connectivity index (χ0v) is 14.1. The number of fused-ring (bicyclic) bond motifs is 1. The fraction of sp³-hybridized carbons (Fsp3) is 0.158. The van der Waals surface area contributed by atoms with Gasteiger partial charge in [0.25, 0.3) is 5.91 Å². The summed E-state index contributed by atoms with van der Waals surface area (Å²) in [4.78, 5) is 12.7. The highest BCUT2D eigenvalue weighted by molar-refractivity contribution is 6.30. The molecule has 25 heavy (non-hydrogen) atoms. The van der Waals surface area contributed by atoms with Crippen LogP contribution in [0.3, 0.4) is 0 Å². The van der Waals surface area contributed by atoms with Gasteiger partial charge in [-0.15, -0.1) is 0 Å². The van der Waals surface area contributed by atoms with E-state index in [4.69, 9.17) is 11.6 Å². The van der Waals surface area contributed by atoms with Crippen LogP contribution >= 0.6 is 11.6 Å². The summed E-state index contributed by atoms with van der Waals surface area (Å²) >= 11 is 5.87. The Morgan fingerprint density at radius 2 is 1.80 bits per heavy atom. The van der Waals surface area contributed by atoms with E-state index >= 15 is 0 Å². The van der Waals surface area contributed by atoms with Crippen LogP contribution in [-0.4, -0.2) is 15.7 Å². The molecule has 4 rings (SSSR count). The van der Waals surface area contributed by atoms with Crippen molar-refractivity contribution in [2.45, 2.75) is 19.3 Å². The van der Waals surface area contributed by atoms with Gasteiger partial charge in [0.05, 0.1) is 5.69 Å². The van der Waals surface area contributed by atoms with Gasteiger partial charge in [-0.3, -0.25) is 4.79 Å². The third-order valence-electron chi connectivity index (χ3n) is 4.32. The summed E-state index contributed by atoms with van der Waals surface area (Å²) in [5, 5.41) is 7.97. The van der Waals surface area contributed by atoms with Crippen LogP contribution < -0.4 is 5.32 Å². The topological polar surface area (TPSA) is 46.9 Å². The number of halogens is 2. The van der Waals surface area contributed by atoms with E-state index in [0.717, 1.165) is 36.2 Å². The van der Waals surface area contributed by atoms with Crippen LogP contribution in [0.1, 0.15) is 28.2 Å². The van der Waals surface area contributed by atoms with Gasteiger partial charge in [-0.25, -0.2) is 9.07 Å². The van der Waals surface area contributed by atoms with E-state index in [9.17, 15) is 9.18 Å². The van der Waals surface area contributed by atoms with Gasteiger partial charge in [0.2, 0.25) is 0 Å². The van der Waals surface area contributed by atoms with E-state index in [0.29, 0.717) is 16.4 Å².